The molecule has 2 aromatic rings. The lowest BCUT2D eigenvalue weighted by Gasteiger charge is -2.44. The largest absolute Gasteiger partial charge is 0.416 e. The molecule has 2 amide bonds. The van der Waals surface area contributed by atoms with Gasteiger partial charge in [-0.15, -0.1) is 0 Å². The van der Waals surface area contributed by atoms with Crippen LogP contribution in [0.3, 0.4) is 0 Å². The minimum atomic E-state index is -4.93. The van der Waals surface area contributed by atoms with Gasteiger partial charge in [0.2, 0.25) is 0 Å². The Morgan fingerprint density at radius 1 is 1.06 bits per heavy atom. The maximum Gasteiger partial charge on any atom is 0.416 e. The average molecular weight is 515 g/mol. The van der Waals surface area contributed by atoms with Gasteiger partial charge in [-0.1, -0.05) is 30.3 Å². The number of piperidine rings is 1. The third kappa shape index (κ3) is 5.62. The summed E-state index contributed by atoms with van der Waals surface area (Å²) in [6, 6.07) is 10.7. The summed E-state index contributed by atoms with van der Waals surface area (Å²) in [5.74, 6) is 0. The van der Waals surface area contributed by atoms with E-state index < -0.39 is 35.1 Å². The van der Waals surface area contributed by atoms with E-state index in [0.29, 0.717) is 44.6 Å². The van der Waals surface area contributed by atoms with Crippen molar-refractivity contribution in [3.63, 3.8) is 0 Å². The van der Waals surface area contributed by atoms with Crippen LogP contribution in [0.4, 0.5) is 31.1 Å². The Kier molecular flexibility index (Phi) is 7.25. The van der Waals surface area contributed by atoms with Crippen molar-refractivity contribution in [2.75, 3.05) is 26.2 Å². The number of hydrogen-bond acceptors (Lipinski definition) is 3. The predicted molar refractivity (Wildman–Crippen MR) is 120 cm³/mol. The molecule has 0 unspecified atom stereocenters. The molecule has 2 aromatic carbocycles. The van der Waals surface area contributed by atoms with Crippen LogP contribution >= 0.6 is 0 Å². The zero-order chi connectivity index (χ0) is 26.1. The Hall–Kier alpha value is -2.79. The van der Waals surface area contributed by atoms with Crippen LogP contribution in [0.25, 0.3) is 0 Å². The van der Waals surface area contributed by atoms with E-state index in [1.807, 2.05) is 30.3 Å². The van der Waals surface area contributed by atoms with Gasteiger partial charge in [0.1, 0.15) is 0 Å². The third-order valence-electron chi connectivity index (χ3n) is 6.90. The second-order valence-electron chi connectivity index (χ2n) is 9.24. The summed E-state index contributed by atoms with van der Waals surface area (Å²) < 4.78 is 85.8. The van der Waals surface area contributed by atoms with Crippen LogP contribution in [0.5, 0.6) is 0 Å². The van der Waals surface area contributed by atoms with E-state index in [2.05, 4.69) is 10.6 Å². The van der Waals surface area contributed by atoms with Gasteiger partial charge >= 0.3 is 18.4 Å². The number of ether oxygens (including phenoxy) is 1. The average Bonchev–Trinajstić information content (AvgIpc) is 3.27. The van der Waals surface area contributed by atoms with Crippen molar-refractivity contribution in [3.05, 3.63) is 70.8 Å². The molecule has 2 aliphatic heterocycles. The number of benzene rings is 2. The Morgan fingerprint density at radius 3 is 2.19 bits per heavy atom. The van der Waals surface area contributed by atoms with E-state index in [4.69, 9.17) is 4.74 Å². The predicted octanol–water partition coefficient (Wildman–Crippen LogP) is 5.47. The van der Waals surface area contributed by atoms with Gasteiger partial charge in [0.05, 0.1) is 29.4 Å². The molecule has 0 spiro atoms. The maximum absolute atomic E-state index is 13.3. The first kappa shape index (κ1) is 26.3. The van der Waals surface area contributed by atoms with Crippen LogP contribution in [0.1, 0.15) is 48.1 Å². The smallest absolute Gasteiger partial charge is 0.372 e. The molecule has 0 saturated carbocycles. The van der Waals surface area contributed by atoms with Crippen LogP contribution < -0.4 is 10.6 Å². The number of nitrogens with zero attached hydrogens (tertiary/aromatic N) is 1. The zero-order valence-corrected chi connectivity index (χ0v) is 19.5. The second-order valence-corrected chi connectivity index (χ2v) is 9.24. The number of halogens is 6. The number of alkyl halides is 6. The molecular weight excluding hydrogens is 488 g/mol. The maximum atomic E-state index is 13.3. The second kappa shape index (κ2) is 9.93. The van der Waals surface area contributed by atoms with Gasteiger partial charge in [0, 0.05) is 25.7 Å². The summed E-state index contributed by atoms with van der Waals surface area (Å²) in [6.07, 6.45) is -9.66. The van der Waals surface area contributed by atoms with Crippen molar-refractivity contribution < 1.29 is 35.9 Å². The fourth-order valence-corrected chi connectivity index (χ4v) is 4.80. The van der Waals surface area contributed by atoms with E-state index >= 15 is 0 Å². The highest BCUT2D eigenvalue weighted by Gasteiger charge is 2.41. The first-order valence-corrected chi connectivity index (χ1v) is 11.6. The summed E-state index contributed by atoms with van der Waals surface area (Å²) in [4.78, 5) is 13.8. The quantitative estimate of drug-likeness (QED) is 0.502. The van der Waals surface area contributed by atoms with Crippen molar-refractivity contribution in [3.8, 4) is 0 Å². The van der Waals surface area contributed by atoms with E-state index in [1.54, 1.807) is 4.90 Å². The molecule has 2 saturated heterocycles. The van der Waals surface area contributed by atoms with Crippen LogP contribution in [-0.4, -0.2) is 43.2 Å². The number of rotatable bonds is 6. The summed E-state index contributed by atoms with van der Waals surface area (Å²) in [5, 5.41) is 6.25. The first-order chi connectivity index (χ1) is 16.9. The third-order valence-corrected chi connectivity index (χ3v) is 6.90. The lowest BCUT2D eigenvalue weighted by atomic mass is 9.81. The fraction of sp³-hybridized carbons (Fsp3) is 0.480. The minimum Gasteiger partial charge on any atom is -0.372 e. The van der Waals surface area contributed by atoms with Gasteiger partial charge < -0.3 is 20.3 Å². The van der Waals surface area contributed by atoms with Crippen LogP contribution in [0.2, 0.25) is 0 Å². The number of nitrogens with one attached hydrogen (secondary N) is 2. The molecule has 2 heterocycles. The van der Waals surface area contributed by atoms with Gasteiger partial charge in [-0.05, 0) is 49.1 Å². The molecule has 3 atom stereocenters. The van der Waals surface area contributed by atoms with Crippen molar-refractivity contribution in [1.29, 1.82) is 0 Å². The van der Waals surface area contributed by atoms with Crippen LogP contribution in [0, 0.1) is 0 Å². The first-order valence-electron chi connectivity index (χ1n) is 11.6. The molecule has 2 aliphatic rings. The summed E-state index contributed by atoms with van der Waals surface area (Å²) in [6.45, 7) is 3.12. The van der Waals surface area contributed by atoms with Crippen molar-refractivity contribution in [2.45, 2.75) is 49.8 Å². The molecule has 0 aromatic heterocycles. The molecule has 2 N–H and O–H groups in total. The topological polar surface area (TPSA) is 53.6 Å². The van der Waals surface area contributed by atoms with E-state index in [1.165, 1.54) is 6.92 Å². The highest BCUT2D eigenvalue weighted by Crippen LogP contribution is 2.39. The monoisotopic (exact) mass is 515 g/mol. The SMILES string of the molecule is C[C@@H](OC[C@@]1(c2ccccc2)CC[C@H](N2CCNC2=O)CN1)c1cc(C(F)(F)F)cc(C(F)(F)F)c1. The lowest BCUT2D eigenvalue weighted by molar-refractivity contribution is -0.143. The highest BCUT2D eigenvalue weighted by molar-refractivity contribution is 5.76. The van der Waals surface area contributed by atoms with Crippen LogP contribution in [0.15, 0.2) is 48.5 Å². The summed E-state index contributed by atoms with van der Waals surface area (Å²) >= 11 is 0. The molecule has 0 aliphatic carbocycles. The van der Waals surface area contributed by atoms with E-state index in [-0.39, 0.29) is 30.3 Å². The number of carbonyl (C=O) groups excluding carboxylic acids is 1. The van der Waals surface area contributed by atoms with Crippen molar-refractivity contribution in [1.82, 2.24) is 15.5 Å². The Balaban J connectivity index is 1.55. The Labute approximate surface area is 204 Å². The van der Waals surface area contributed by atoms with Crippen molar-refractivity contribution >= 4 is 6.03 Å². The summed E-state index contributed by atoms with van der Waals surface area (Å²) in [7, 11) is 0. The van der Waals surface area contributed by atoms with Gasteiger partial charge in [-0.2, -0.15) is 26.3 Å². The normalized spacial score (nSPS) is 24.0. The number of hydrogen-bond donors (Lipinski definition) is 2. The molecule has 0 bridgehead atoms. The number of carbonyl (C=O) groups is 1. The van der Waals surface area contributed by atoms with Gasteiger partial charge in [-0.25, -0.2) is 4.79 Å². The minimum absolute atomic E-state index is 0.0225. The molecule has 2 fully saturated rings. The molecule has 0 radical (unpaired) electrons. The molecule has 196 valence electrons. The zero-order valence-electron chi connectivity index (χ0n) is 19.5. The van der Waals surface area contributed by atoms with E-state index in [0.717, 1.165) is 5.56 Å². The van der Waals surface area contributed by atoms with Crippen LogP contribution in [-0.2, 0) is 22.6 Å². The molecular formula is C25H27F6N3O2. The summed E-state index contributed by atoms with van der Waals surface area (Å²) in [5.41, 5.74) is -2.77. The molecule has 36 heavy (non-hydrogen) atoms. The lowest BCUT2D eigenvalue weighted by Crippen LogP contribution is -2.57. The molecule has 4 rings (SSSR count). The van der Waals surface area contributed by atoms with Gasteiger partial charge in [0.25, 0.3) is 0 Å². The Bertz CT molecular complexity index is 1030. The standard InChI is InChI=1S/C25H27F6N3O2/c1-16(17-11-19(24(26,27)28)13-20(12-17)25(29,30)31)36-15-23(18-5-3-2-4-6-18)8-7-21(14-33-23)34-10-9-32-22(34)35/h2-6,11-13,16,21,33H,7-10,14-15H2,1H3,(H,32,35)/t16-,21+,23-/m1/s1. The molecule has 5 nitrogen and oxygen atoms in total. The molecule has 11 heteroatoms. The number of urea groups is 1. The number of amides is 2. The van der Waals surface area contributed by atoms with Crippen molar-refractivity contribution in [2.24, 2.45) is 0 Å². The Morgan fingerprint density at radius 2 is 1.69 bits per heavy atom. The van der Waals surface area contributed by atoms with E-state index in [9.17, 15) is 31.1 Å². The fourth-order valence-electron chi connectivity index (χ4n) is 4.80. The highest BCUT2D eigenvalue weighted by atomic mass is 19.4. The van der Waals surface area contributed by atoms with Gasteiger partial charge in [0.15, 0.2) is 0 Å². The van der Waals surface area contributed by atoms with Gasteiger partial charge in [-0.3, -0.25) is 0 Å².